The Morgan fingerprint density at radius 3 is 2.59 bits per heavy atom. The van der Waals surface area contributed by atoms with Gasteiger partial charge in [-0.25, -0.2) is 0 Å². The molecular formula is C23H18N4O5. The molecule has 0 aliphatic rings. The van der Waals surface area contributed by atoms with Gasteiger partial charge in [-0.05, 0) is 37.3 Å². The third-order valence-corrected chi connectivity index (χ3v) is 4.73. The van der Waals surface area contributed by atoms with Crippen LogP contribution in [-0.2, 0) is 6.61 Å². The molecule has 3 aromatic carbocycles. The molecule has 4 rings (SSSR count). The van der Waals surface area contributed by atoms with E-state index < -0.39 is 10.8 Å². The summed E-state index contributed by atoms with van der Waals surface area (Å²) in [5.41, 5.74) is 1.32. The first kappa shape index (κ1) is 20.7. The van der Waals surface area contributed by atoms with Crippen molar-refractivity contribution in [2.45, 2.75) is 13.5 Å². The molecule has 0 atom stereocenters. The minimum Gasteiger partial charge on any atom is -0.485 e. The zero-order valence-corrected chi connectivity index (χ0v) is 17.0. The van der Waals surface area contributed by atoms with Gasteiger partial charge in [0.1, 0.15) is 5.75 Å². The number of ether oxygens (including phenoxy) is 1. The lowest BCUT2D eigenvalue weighted by atomic mass is 10.1. The number of aromatic nitrogens is 2. The Balaban J connectivity index is 1.54. The Morgan fingerprint density at radius 1 is 1.06 bits per heavy atom. The van der Waals surface area contributed by atoms with Crippen molar-refractivity contribution < 1.29 is 19.0 Å². The Kier molecular flexibility index (Phi) is 5.89. The van der Waals surface area contributed by atoms with Gasteiger partial charge in [-0.1, -0.05) is 41.6 Å². The SMILES string of the molecule is Cc1c(C(=O)Nc2ccccc2-c2nc(COc3ccccc3)no2)cccc1[N+](=O)[O-]. The number of benzene rings is 3. The minimum atomic E-state index is -0.516. The predicted molar refractivity (Wildman–Crippen MR) is 116 cm³/mol. The van der Waals surface area contributed by atoms with Crippen LogP contribution < -0.4 is 10.1 Å². The van der Waals surface area contributed by atoms with Crippen LogP contribution in [0.4, 0.5) is 11.4 Å². The van der Waals surface area contributed by atoms with Crippen molar-refractivity contribution in [3.8, 4) is 17.2 Å². The maximum Gasteiger partial charge on any atom is 0.273 e. The van der Waals surface area contributed by atoms with Crippen LogP contribution in [0.15, 0.2) is 77.3 Å². The van der Waals surface area contributed by atoms with Gasteiger partial charge in [0.25, 0.3) is 17.5 Å². The van der Waals surface area contributed by atoms with E-state index in [-0.39, 0.29) is 29.3 Å². The van der Waals surface area contributed by atoms with Gasteiger partial charge in [0.2, 0.25) is 5.82 Å². The van der Waals surface area contributed by atoms with Crippen molar-refractivity contribution in [3.63, 3.8) is 0 Å². The third kappa shape index (κ3) is 4.46. The highest BCUT2D eigenvalue weighted by atomic mass is 16.6. The van der Waals surface area contributed by atoms with Gasteiger partial charge in [-0.15, -0.1) is 0 Å². The third-order valence-electron chi connectivity index (χ3n) is 4.73. The van der Waals surface area contributed by atoms with Gasteiger partial charge in [0.05, 0.1) is 16.2 Å². The average Bonchev–Trinajstić information content (AvgIpc) is 3.27. The number of anilines is 1. The van der Waals surface area contributed by atoms with Gasteiger partial charge < -0.3 is 14.6 Å². The first-order valence-electron chi connectivity index (χ1n) is 9.68. The molecule has 1 aromatic heterocycles. The number of nitrogens with zero attached hydrogens (tertiary/aromatic N) is 3. The summed E-state index contributed by atoms with van der Waals surface area (Å²) in [6.45, 7) is 1.66. The highest BCUT2D eigenvalue weighted by Crippen LogP contribution is 2.28. The molecule has 9 nitrogen and oxygen atoms in total. The van der Waals surface area contributed by atoms with E-state index in [1.807, 2.05) is 30.3 Å². The highest BCUT2D eigenvalue weighted by Gasteiger charge is 2.20. The largest absolute Gasteiger partial charge is 0.485 e. The van der Waals surface area contributed by atoms with Crippen molar-refractivity contribution in [2.75, 3.05) is 5.32 Å². The molecule has 9 heteroatoms. The molecular weight excluding hydrogens is 412 g/mol. The van der Waals surface area contributed by atoms with E-state index in [9.17, 15) is 14.9 Å². The van der Waals surface area contributed by atoms with Crippen LogP contribution in [0, 0.1) is 17.0 Å². The first-order valence-corrected chi connectivity index (χ1v) is 9.68. The smallest absolute Gasteiger partial charge is 0.273 e. The van der Waals surface area contributed by atoms with Crippen molar-refractivity contribution >= 4 is 17.3 Å². The minimum absolute atomic E-state index is 0.120. The molecule has 1 N–H and O–H groups in total. The van der Waals surface area contributed by atoms with E-state index in [1.54, 1.807) is 24.3 Å². The molecule has 1 amide bonds. The number of carbonyl (C=O) groups excluding carboxylic acids is 1. The lowest BCUT2D eigenvalue weighted by molar-refractivity contribution is -0.385. The topological polar surface area (TPSA) is 120 Å². The fourth-order valence-electron chi connectivity index (χ4n) is 3.12. The Bertz CT molecular complexity index is 1270. The number of nitro benzene ring substituents is 1. The number of carbonyl (C=O) groups is 1. The van der Waals surface area contributed by atoms with E-state index in [2.05, 4.69) is 15.5 Å². The molecule has 0 bridgehead atoms. The second-order valence-corrected chi connectivity index (χ2v) is 6.82. The van der Waals surface area contributed by atoms with Crippen LogP contribution in [0.3, 0.4) is 0 Å². The quantitative estimate of drug-likeness (QED) is 0.331. The van der Waals surface area contributed by atoms with E-state index in [1.165, 1.54) is 25.1 Å². The summed E-state index contributed by atoms with van der Waals surface area (Å²) in [6, 6.07) is 20.5. The van der Waals surface area contributed by atoms with Crippen LogP contribution in [0.5, 0.6) is 5.75 Å². The molecule has 4 aromatic rings. The summed E-state index contributed by atoms with van der Waals surface area (Å²) in [5, 5.41) is 17.9. The van der Waals surface area contributed by atoms with E-state index >= 15 is 0 Å². The number of para-hydroxylation sites is 2. The lowest BCUT2D eigenvalue weighted by Gasteiger charge is -2.10. The van der Waals surface area contributed by atoms with Crippen molar-refractivity contribution in [1.29, 1.82) is 0 Å². The van der Waals surface area contributed by atoms with E-state index in [4.69, 9.17) is 9.26 Å². The average molecular weight is 430 g/mol. The predicted octanol–water partition coefficient (Wildman–Crippen LogP) is 4.78. The molecule has 0 unspecified atom stereocenters. The van der Waals surface area contributed by atoms with Crippen LogP contribution in [-0.4, -0.2) is 21.0 Å². The van der Waals surface area contributed by atoms with Gasteiger partial charge in [-0.3, -0.25) is 14.9 Å². The maximum atomic E-state index is 12.8. The van der Waals surface area contributed by atoms with Crippen molar-refractivity contribution in [2.24, 2.45) is 0 Å². The number of hydrogen-bond acceptors (Lipinski definition) is 7. The zero-order valence-electron chi connectivity index (χ0n) is 17.0. The molecule has 32 heavy (non-hydrogen) atoms. The van der Waals surface area contributed by atoms with Gasteiger partial charge >= 0.3 is 0 Å². The number of hydrogen-bond donors (Lipinski definition) is 1. The lowest BCUT2D eigenvalue weighted by Crippen LogP contribution is -2.14. The second-order valence-electron chi connectivity index (χ2n) is 6.82. The molecule has 0 radical (unpaired) electrons. The molecule has 1 heterocycles. The summed E-state index contributed by atoms with van der Waals surface area (Å²) >= 11 is 0. The zero-order chi connectivity index (χ0) is 22.5. The highest BCUT2D eigenvalue weighted by molar-refractivity contribution is 6.07. The van der Waals surface area contributed by atoms with Gasteiger partial charge in [0.15, 0.2) is 6.61 Å². The fraction of sp³-hybridized carbons (Fsp3) is 0.0870. The Hall–Kier alpha value is -4.53. The Labute approximate surface area is 182 Å². The molecule has 0 saturated carbocycles. The molecule has 0 fully saturated rings. The normalized spacial score (nSPS) is 10.5. The Morgan fingerprint density at radius 2 is 1.81 bits per heavy atom. The molecule has 0 aliphatic heterocycles. The standard InChI is InChI=1S/C23H18N4O5/c1-15-17(11-7-13-20(15)27(29)30)22(28)24-19-12-6-5-10-18(19)23-25-21(26-32-23)14-31-16-8-3-2-4-9-16/h2-13H,14H2,1H3,(H,24,28). The summed E-state index contributed by atoms with van der Waals surface area (Å²) in [5.74, 6) is 0.757. The van der Waals surface area contributed by atoms with E-state index in [0.717, 1.165) is 0 Å². The fourth-order valence-corrected chi connectivity index (χ4v) is 3.12. The van der Waals surface area contributed by atoms with Crippen LogP contribution in [0.2, 0.25) is 0 Å². The molecule has 160 valence electrons. The summed E-state index contributed by atoms with van der Waals surface area (Å²) in [6.07, 6.45) is 0. The van der Waals surface area contributed by atoms with Gasteiger partial charge in [-0.2, -0.15) is 4.98 Å². The molecule has 0 spiro atoms. The number of rotatable bonds is 7. The number of nitrogens with one attached hydrogen (secondary N) is 1. The number of nitro groups is 1. The monoisotopic (exact) mass is 430 g/mol. The summed E-state index contributed by atoms with van der Waals surface area (Å²) in [7, 11) is 0. The van der Waals surface area contributed by atoms with Crippen LogP contribution in [0.1, 0.15) is 21.7 Å². The van der Waals surface area contributed by atoms with Crippen molar-refractivity contribution in [3.05, 3.63) is 99.9 Å². The first-order chi connectivity index (χ1) is 15.5. The molecule has 0 aliphatic carbocycles. The number of amides is 1. The van der Waals surface area contributed by atoms with E-state index in [0.29, 0.717) is 22.8 Å². The van der Waals surface area contributed by atoms with Crippen LogP contribution in [0.25, 0.3) is 11.5 Å². The summed E-state index contributed by atoms with van der Waals surface area (Å²) < 4.78 is 11.0. The van der Waals surface area contributed by atoms with Crippen molar-refractivity contribution in [1.82, 2.24) is 10.1 Å². The second kappa shape index (κ2) is 9.09. The van der Waals surface area contributed by atoms with Crippen LogP contribution >= 0.6 is 0 Å². The van der Waals surface area contributed by atoms with Gasteiger partial charge in [0, 0.05) is 17.2 Å². The molecule has 0 saturated heterocycles. The summed E-state index contributed by atoms with van der Waals surface area (Å²) in [4.78, 5) is 27.8. The maximum absolute atomic E-state index is 12.8.